The molecule has 2 aromatic carbocycles. The summed E-state index contributed by atoms with van der Waals surface area (Å²) in [6, 6.07) is 16.8. The largest absolute Gasteiger partial charge is 0.330 e. The van der Waals surface area contributed by atoms with Gasteiger partial charge in [-0.1, -0.05) is 48.5 Å². The summed E-state index contributed by atoms with van der Waals surface area (Å²) in [7, 11) is -3.10. The van der Waals surface area contributed by atoms with Crippen molar-refractivity contribution in [1.29, 1.82) is 0 Å². The molecule has 1 saturated heterocycles. The normalized spacial score (nSPS) is 19.6. The summed E-state index contributed by atoms with van der Waals surface area (Å²) in [6.07, 6.45) is -0.578. The van der Waals surface area contributed by atoms with E-state index in [2.05, 4.69) is 10.6 Å². The number of sulfone groups is 1. The molecule has 2 atom stereocenters. The number of carbonyl (C=O) groups is 2. The molecular formula is C19H20N2O4S. The highest BCUT2D eigenvalue weighted by atomic mass is 32.2. The highest BCUT2D eigenvalue weighted by Crippen LogP contribution is 2.13. The van der Waals surface area contributed by atoms with Crippen molar-refractivity contribution in [2.75, 3.05) is 11.5 Å². The monoisotopic (exact) mass is 372 g/mol. The Morgan fingerprint density at radius 3 is 2.04 bits per heavy atom. The van der Waals surface area contributed by atoms with Crippen LogP contribution in [-0.2, 0) is 9.84 Å². The number of ketones is 1. The molecule has 2 aromatic rings. The lowest BCUT2D eigenvalue weighted by atomic mass is 10.1. The molecule has 0 saturated carbocycles. The Hall–Kier alpha value is -2.51. The first-order valence-electron chi connectivity index (χ1n) is 8.36. The highest BCUT2D eigenvalue weighted by molar-refractivity contribution is 7.91. The number of hydrogen-bond donors (Lipinski definition) is 2. The fraction of sp³-hybridized carbons (Fsp3) is 0.263. The van der Waals surface area contributed by atoms with Gasteiger partial charge in [0.05, 0.1) is 11.5 Å². The lowest BCUT2D eigenvalue weighted by Crippen LogP contribution is -2.54. The molecule has 6 nitrogen and oxygen atoms in total. The molecule has 0 spiro atoms. The number of amides is 1. The van der Waals surface area contributed by atoms with Crippen molar-refractivity contribution in [1.82, 2.24) is 10.6 Å². The van der Waals surface area contributed by atoms with Crippen LogP contribution in [0.2, 0.25) is 0 Å². The second kappa shape index (κ2) is 7.80. The zero-order chi connectivity index (χ0) is 18.6. The molecule has 1 heterocycles. The number of carbonyl (C=O) groups excluding carboxylic acids is 2. The van der Waals surface area contributed by atoms with Gasteiger partial charge in [0.2, 0.25) is 0 Å². The van der Waals surface area contributed by atoms with Gasteiger partial charge < -0.3 is 5.32 Å². The van der Waals surface area contributed by atoms with Crippen LogP contribution in [0, 0.1) is 0 Å². The van der Waals surface area contributed by atoms with Crippen LogP contribution in [0.5, 0.6) is 0 Å². The average Bonchev–Trinajstić information content (AvgIpc) is 3.00. The molecule has 1 amide bonds. The smallest absolute Gasteiger partial charge is 0.252 e. The lowest BCUT2D eigenvalue weighted by molar-refractivity contribution is 0.0831. The summed E-state index contributed by atoms with van der Waals surface area (Å²) in [5, 5.41) is 5.70. The third-order valence-electron chi connectivity index (χ3n) is 4.27. The average molecular weight is 372 g/mol. The fourth-order valence-electron chi connectivity index (χ4n) is 2.92. The summed E-state index contributed by atoms with van der Waals surface area (Å²) in [5.41, 5.74) is 0.874. The van der Waals surface area contributed by atoms with Gasteiger partial charge in [-0.2, -0.15) is 0 Å². The van der Waals surface area contributed by atoms with Crippen LogP contribution in [0.25, 0.3) is 0 Å². The van der Waals surface area contributed by atoms with Crippen LogP contribution >= 0.6 is 0 Å². The van der Waals surface area contributed by atoms with E-state index in [-0.39, 0.29) is 23.3 Å². The van der Waals surface area contributed by atoms with E-state index in [1.54, 1.807) is 60.7 Å². The SMILES string of the molecule is O=C(N[C@@H](N[C@H]1CCS(=O)(=O)C1)C(=O)c1ccccc1)c1ccccc1. The van der Waals surface area contributed by atoms with Gasteiger partial charge in [-0.05, 0) is 18.6 Å². The van der Waals surface area contributed by atoms with E-state index >= 15 is 0 Å². The first-order chi connectivity index (χ1) is 12.4. The van der Waals surface area contributed by atoms with Crippen LogP contribution in [0.3, 0.4) is 0 Å². The summed E-state index contributed by atoms with van der Waals surface area (Å²) >= 11 is 0. The molecule has 1 aliphatic rings. The van der Waals surface area contributed by atoms with Crippen LogP contribution in [0.15, 0.2) is 60.7 Å². The topological polar surface area (TPSA) is 92.3 Å². The van der Waals surface area contributed by atoms with Gasteiger partial charge in [-0.15, -0.1) is 0 Å². The quantitative estimate of drug-likeness (QED) is 0.591. The Balaban J connectivity index is 1.79. The van der Waals surface area contributed by atoms with E-state index in [1.165, 1.54) is 0 Å². The second-order valence-electron chi connectivity index (χ2n) is 6.27. The minimum Gasteiger partial charge on any atom is -0.330 e. The summed E-state index contributed by atoms with van der Waals surface area (Å²) in [6.45, 7) is 0. The van der Waals surface area contributed by atoms with Crippen molar-refractivity contribution in [3.63, 3.8) is 0 Å². The Bertz CT molecular complexity index is 882. The minimum absolute atomic E-state index is 0.0349. The molecule has 136 valence electrons. The molecular weight excluding hydrogens is 352 g/mol. The van der Waals surface area contributed by atoms with E-state index in [0.29, 0.717) is 17.5 Å². The molecule has 26 heavy (non-hydrogen) atoms. The van der Waals surface area contributed by atoms with Crippen LogP contribution in [0.1, 0.15) is 27.1 Å². The second-order valence-corrected chi connectivity index (χ2v) is 8.50. The van der Waals surface area contributed by atoms with Crippen molar-refractivity contribution in [3.8, 4) is 0 Å². The maximum atomic E-state index is 12.8. The zero-order valence-corrected chi connectivity index (χ0v) is 14.9. The molecule has 0 radical (unpaired) electrons. The van der Waals surface area contributed by atoms with Gasteiger partial charge in [-0.3, -0.25) is 14.9 Å². The number of benzene rings is 2. The van der Waals surface area contributed by atoms with E-state index in [1.807, 2.05) is 0 Å². The third-order valence-corrected chi connectivity index (χ3v) is 6.03. The van der Waals surface area contributed by atoms with Gasteiger partial charge in [-0.25, -0.2) is 8.42 Å². The van der Waals surface area contributed by atoms with Gasteiger partial charge >= 0.3 is 0 Å². The molecule has 0 unspecified atom stereocenters. The van der Waals surface area contributed by atoms with Gasteiger partial charge in [0.25, 0.3) is 5.91 Å². The number of hydrogen-bond acceptors (Lipinski definition) is 5. The van der Waals surface area contributed by atoms with Crippen LogP contribution in [-0.4, -0.2) is 43.8 Å². The molecule has 0 aromatic heterocycles. The molecule has 2 N–H and O–H groups in total. The Morgan fingerprint density at radius 1 is 0.923 bits per heavy atom. The standard InChI is InChI=1S/C19H20N2O4S/c22-17(14-7-3-1-4-8-14)18(20-16-11-12-26(24,25)13-16)21-19(23)15-9-5-2-6-10-15/h1-10,16,18,20H,11-13H2,(H,21,23)/t16-,18+/m0/s1. The predicted octanol–water partition coefficient (Wildman–Crippen LogP) is 1.40. The van der Waals surface area contributed by atoms with Crippen LogP contribution < -0.4 is 10.6 Å². The maximum absolute atomic E-state index is 12.8. The van der Waals surface area contributed by atoms with E-state index in [9.17, 15) is 18.0 Å². The molecule has 1 aliphatic heterocycles. The van der Waals surface area contributed by atoms with Gasteiger partial charge in [0.15, 0.2) is 15.6 Å². The van der Waals surface area contributed by atoms with Crippen molar-refractivity contribution < 1.29 is 18.0 Å². The van der Waals surface area contributed by atoms with Gasteiger partial charge in [0.1, 0.15) is 6.17 Å². The lowest BCUT2D eigenvalue weighted by Gasteiger charge is -2.22. The van der Waals surface area contributed by atoms with Crippen molar-refractivity contribution in [3.05, 3.63) is 71.8 Å². The highest BCUT2D eigenvalue weighted by Gasteiger charge is 2.32. The fourth-order valence-corrected chi connectivity index (χ4v) is 4.60. The number of Topliss-reactive ketones (excluding diaryl/α,β-unsaturated/α-hetero) is 1. The molecule has 0 bridgehead atoms. The Morgan fingerprint density at radius 2 is 1.50 bits per heavy atom. The minimum atomic E-state index is -3.10. The number of nitrogens with one attached hydrogen (secondary N) is 2. The maximum Gasteiger partial charge on any atom is 0.252 e. The zero-order valence-electron chi connectivity index (χ0n) is 14.1. The number of rotatable bonds is 6. The van der Waals surface area contributed by atoms with E-state index in [0.717, 1.165) is 0 Å². The van der Waals surface area contributed by atoms with Crippen LogP contribution in [0.4, 0.5) is 0 Å². The van der Waals surface area contributed by atoms with Gasteiger partial charge in [0, 0.05) is 17.2 Å². The van der Waals surface area contributed by atoms with E-state index < -0.39 is 21.9 Å². The van der Waals surface area contributed by atoms with E-state index in [4.69, 9.17) is 0 Å². The van der Waals surface area contributed by atoms with Crippen molar-refractivity contribution in [2.24, 2.45) is 0 Å². The molecule has 3 rings (SSSR count). The molecule has 7 heteroatoms. The Kier molecular flexibility index (Phi) is 5.49. The molecule has 0 aliphatic carbocycles. The first kappa shape index (κ1) is 18.3. The summed E-state index contributed by atoms with van der Waals surface area (Å²) in [5.74, 6) is -0.650. The Labute approximate surface area is 152 Å². The first-order valence-corrected chi connectivity index (χ1v) is 10.2. The predicted molar refractivity (Wildman–Crippen MR) is 98.7 cm³/mol. The van der Waals surface area contributed by atoms with Crippen molar-refractivity contribution in [2.45, 2.75) is 18.6 Å². The van der Waals surface area contributed by atoms with Crippen molar-refractivity contribution >= 4 is 21.5 Å². The third kappa shape index (κ3) is 4.56. The summed E-state index contributed by atoms with van der Waals surface area (Å²) in [4.78, 5) is 25.3. The molecule has 1 fully saturated rings. The summed E-state index contributed by atoms with van der Waals surface area (Å²) < 4.78 is 23.4.